The zero-order chi connectivity index (χ0) is 15.2. The number of benzene rings is 2. The van der Waals surface area contributed by atoms with Crippen LogP contribution in [0.2, 0.25) is 5.02 Å². The smallest absolute Gasteiger partial charge is 0.322 e. The Bertz CT molecular complexity index is 718. The lowest BCUT2D eigenvalue weighted by atomic mass is 9.81. The average Bonchev–Trinajstić information content (AvgIpc) is 2.48. The Morgan fingerprint density at radius 1 is 1.24 bits per heavy atom. The molecular formula is C16H15ClN2O2. The van der Waals surface area contributed by atoms with Gasteiger partial charge in [0.1, 0.15) is 5.75 Å². The van der Waals surface area contributed by atoms with E-state index >= 15 is 0 Å². The van der Waals surface area contributed by atoms with Crippen LogP contribution >= 0.6 is 11.6 Å². The van der Waals surface area contributed by atoms with Crippen molar-refractivity contribution in [2.24, 2.45) is 0 Å². The molecule has 0 unspecified atom stereocenters. The number of hydrogen-bond acceptors (Lipinski definition) is 2. The summed E-state index contributed by atoms with van der Waals surface area (Å²) >= 11 is 6.06. The topological polar surface area (TPSA) is 52.6 Å². The Hall–Kier alpha value is -2.20. The molecule has 5 heteroatoms. The van der Waals surface area contributed by atoms with Gasteiger partial charge in [0.2, 0.25) is 0 Å². The summed E-state index contributed by atoms with van der Waals surface area (Å²) in [5, 5.41) is 12.8. The maximum Gasteiger partial charge on any atom is 0.322 e. The van der Waals surface area contributed by atoms with Crippen molar-refractivity contribution in [1.82, 2.24) is 4.90 Å². The molecule has 0 bridgehead atoms. The first-order valence-corrected chi connectivity index (χ1v) is 6.95. The molecule has 2 amide bonds. The molecule has 0 aliphatic carbocycles. The lowest BCUT2D eigenvalue weighted by molar-refractivity contribution is 0.175. The molecule has 1 aliphatic rings. The van der Waals surface area contributed by atoms with Crippen LogP contribution in [0.15, 0.2) is 42.5 Å². The van der Waals surface area contributed by atoms with Crippen LogP contribution < -0.4 is 5.32 Å². The average molecular weight is 303 g/mol. The number of carbonyl (C=O) groups is 1. The van der Waals surface area contributed by atoms with Gasteiger partial charge in [0.15, 0.2) is 0 Å². The number of nitrogens with zero attached hydrogens (tertiary/aromatic N) is 1. The van der Waals surface area contributed by atoms with Gasteiger partial charge in [-0.05, 0) is 18.6 Å². The minimum absolute atomic E-state index is 0.0457. The predicted molar refractivity (Wildman–Crippen MR) is 82.8 cm³/mol. The largest absolute Gasteiger partial charge is 0.506 e. The summed E-state index contributed by atoms with van der Waals surface area (Å²) < 4.78 is 0. The number of hydrogen-bond donors (Lipinski definition) is 2. The van der Waals surface area contributed by atoms with Gasteiger partial charge in [-0.25, -0.2) is 4.79 Å². The number of anilines is 1. The second kappa shape index (κ2) is 4.67. The lowest BCUT2D eigenvalue weighted by Gasteiger charge is -2.44. The van der Waals surface area contributed by atoms with E-state index in [2.05, 4.69) is 5.32 Å². The van der Waals surface area contributed by atoms with E-state index in [9.17, 15) is 9.90 Å². The van der Waals surface area contributed by atoms with Gasteiger partial charge >= 0.3 is 6.03 Å². The fourth-order valence-electron chi connectivity index (χ4n) is 2.76. The molecular weight excluding hydrogens is 288 g/mol. The number of aromatic hydroxyl groups is 1. The SMILES string of the molecule is CN1C(=O)Nc2cc(O)c(Cl)cc2[C@@]1(C)c1ccccc1. The summed E-state index contributed by atoms with van der Waals surface area (Å²) in [4.78, 5) is 13.9. The van der Waals surface area contributed by atoms with E-state index in [1.165, 1.54) is 6.07 Å². The molecule has 1 heterocycles. The fourth-order valence-corrected chi connectivity index (χ4v) is 2.93. The molecule has 108 valence electrons. The van der Waals surface area contributed by atoms with Crippen molar-refractivity contribution in [3.8, 4) is 5.75 Å². The third-order valence-corrected chi connectivity index (χ3v) is 4.47. The van der Waals surface area contributed by atoms with Gasteiger partial charge in [-0.2, -0.15) is 0 Å². The monoisotopic (exact) mass is 302 g/mol. The van der Waals surface area contributed by atoms with Gasteiger partial charge in [0, 0.05) is 18.7 Å². The van der Waals surface area contributed by atoms with Gasteiger partial charge in [-0.15, -0.1) is 0 Å². The first-order chi connectivity index (χ1) is 9.94. The third-order valence-electron chi connectivity index (χ3n) is 4.16. The summed E-state index contributed by atoms with van der Waals surface area (Å²) in [7, 11) is 1.74. The van der Waals surface area contributed by atoms with Crippen LogP contribution in [0.5, 0.6) is 5.75 Å². The number of fused-ring (bicyclic) bond motifs is 1. The first kappa shape index (κ1) is 13.8. The van der Waals surface area contributed by atoms with Crippen molar-refractivity contribution in [2.75, 3.05) is 12.4 Å². The molecule has 0 fully saturated rings. The minimum Gasteiger partial charge on any atom is -0.506 e. The number of phenolic OH excluding ortho intramolecular Hbond substituents is 1. The summed E-state index contributed by atoms with van der Waals surface area (Å²) in [5.74, 6) is -0.0457. The fraction of sp³-hybridized carbons (Fsp3) is 0.188. The quantitative estimate of drug-likeness (QED) is 0.842. The van der Waals surface area contributed by atoms with E-state index in [0.29, 0.717) is 5.69 Å². The molecule has 0 radical (unpaired) electrons. The molecule has 2 N–H and O–H groups in total. The highest BCUT2D eigenvalue weighted by atomic mass is 35.5. The molecule has 21 heavy (non-hydrogen) atoms. The van der Waals surface area contributed by atoms with E-state index < -0.39 is 5.54 Å². The Balaban J connectivity index is 2.30. The van der Waals surface area contributed by atoms with Gasteiger partial charge in [0.25, 0.3) is 0 Å². The number of carbonyl (C=O) groups excluding carboxylic acids is 1. The Morgan fingerprint density at radius 2 is 1.90 bits per heavy atom. The Labute approximate surface area is 128 Å². The summed E-state index contributed by atoms with van der Waals surface area (Å²) in [5.41, 5.74) is 1.74. The molecule has 0 spiro atoms. The number of phenols is 1. The number of urea groups is 1. The number of amides is 2. The van der Waals surface area contributed by atoms with Crippen molar-refractivity contribution in [3.63, 3.8) is 0 Å². The second-order valence-corrected chi connectivity index (χ2v) is 5.68. The van der Waals surface area contributed by atoms with Gasteiger partial charge in [-0.1, -0.05) is 41.9 Å². The van der Waals surface area contributed by atoms with Crippen LogP contribution in [0.1, 0.15) is 18.1 Å². The third kappa shape index (κ3) is 1.94. The van der Waals surface area contributed by atoms with E-state index in [1.54, 1.807) is 18.0 Å². The van der Waals surface area contributed by atoms with Crippen molar-refractivity contribution in [2.45, 2.75) is 12.5 Å². The van der Waals surface area contributed by atoms with E-state index in [-0.39, 0.29) is 16.8 Å². The summed E-state index contributed by atoms with van der Waals surface area (Å²) in [6.07, 6.45) is 0. The number of nitrogens with one attached hydrogen (secondary N) is 1. The highest BCUT2D eigenvalue weighted by molar-refractivity contribution is 6.32. The standard InChI is InChI=1S/C16H15ClN2O2/c1-16(10-6-4-3-5-7-10)11-8-12(17)14(20)9-13(11)18-15(21)19(16)2/h3-9,20H,1-2H3,(H,18,21)/t16-/m1/s1. The normalized spacial score (nSPS) is 20.9. The molecule has 2 aromatic rings. The van der Waals surface area contributed by atoms with Crippen molar-refractivity contribution in [3.05, 3.63) is 58.6 Å². The Morgan fingerprint density at radius 3 is 2.57 bits per heavy atom. The van der Waals surface area contributed by atoms with Gasteiger partial charge in [0.05, 0.1) is 16.2 Å². The predicted octanol–water partition coefficient (Wildman–Crippen LogP) is 3.79. The van der Waals surface area contributed by atoms with E-state index in [1.807, 2.05) is 37.3 Å². The lowest BCUT2D eigenvalue weighted by Crippen LogP contribution is -2.51. The maximum atomic E-state index is 12.2. The number of halogens is 1. The van der Waals surface area contributed by atoms with E-state index in [4.69, 9.17) is 11.6 Å². The molecule has 1 atom stereocenters. The van der Waals surface area contributed by atoms with Crippen molar-refractivity contribution in [1.29, 1.82) is 0 Å². The van der Waals surface area contributed by atoms with Gasteiger partial charge < -0.3 is 15.3 Å². The van der Waals surface area contributed by atoms with Crippen LogP contribution in [-0.2, 0) is 5.54 Å². The molecule has 4 nitrogen and oxygen atoms in total. The van der Waals surface area contributed by atoms with Crippen LogP contribution in [0.25, 0.3) is 0 Å². The molecule has 0 saturated heterocycles. The zero-order valence-corrected chi connectivity index (χ0v) is 12.5. The zero-order valence-electron chi connectivity index (χ0n) is 11.7. The first-order valence-electron chi connectivity index (χ1n) is 6.58. The highest BCUT2D eigenvalue weighted by Crippen LogP contribution is 2.45. The van der Waals surface area contributed by atoms with Crippen molar-refractivity contribution < 1.29 is 9.90 Å². The summed E-state index contributed by atoms with van der Waals surface area (Å²) in [6.45, 7) is 1.97. The molecule has 3 rings (SSSR count). The number of rotatable bonds is 1. The molecule has 0 aromatic heterocycles. The van der Waals surface area contributed by atoms with Gasteiger partial charge in [-0.3, -0.25) is 0 Å². The molecule has 2 aromatic carbocycles. The summed E-state index contributed by atoms with van der Waals surface area (Å²) in [6, 6.07) is 12.7. The molecule has 1 aliphatic heterocycles. The van der Waals surface area contributed by atoms with Crippen LogP contribution in [0, 0.1) is 0 Å². The second-order valence-electron chi connectivity index (χ2n) is 5.28. The maximum absolute atomic E-state index is 12.2. The Kier molecular flexibility index (Phi) is 3.06. The highest BCUT2D eigenvalue weighted by Gasteiger charge is 2.42. The van der Waals surface area contributed by atoms with E-state index in [0.717, 1.165) is 11.1 Å². The van der Waals surface area contributed by atoms with Crippen LogP contribution in [0.3, 0.4) is 0 Å². The van der Waals surface area contributed by atoms with Crippen LogP contribution in [-0.4, -0.2) is 23.1 Å². The van der Waals surface area contributed by atoms with Crippen molar-refractivity contribution >= 4 is 23.3 Å². The molecule has 0 saturated carbocycles. The minimum atomic E-state index is -0.656. The van der Waals surface area contributed by atoms with Crippen LogP contribution in [0.4, 0.5) is 10.5 Å².